The Bertz CT molecular complexity index is 1730. The zero-order valence-electron chi connectivity index (χ0n) is 29.8. The zero-order chi connectivity index (χ0) is 37.9. The Kier molecular flexibility index (Phi) is 11.6. The van der Waals surface area contributed by atoms with Gasteiger partial charge in [0.2, 0.25) is 0 Å². The molecule has 0 N–H and O–H groups in total. The van der Waals surface area contributed by atoms with E-state index in [1.807, 2.05) is 48.2 Å². The summed E-state index contributed by atoms with van der Waals surface area (Å²) in [6.45, 7) is 11.6. The average Bonchev–Trinajstić information content (AvgIpc) is 3.14. The Hall–Kier alpha value is -4.23. The highest BCUT2D eigenvalue weighted by Crippen LogP contribution is 2.37. The molecule has 13 heteroatoms. The number of likely N-dealkylation sites (tertiary alicyclic amines) is 2. The van der Waals surface area contributed by atoms with Crippen molar-refractivity contribution < 1.29 is 35.9 Å². The summed E-state index contributed by atoms with van der Waals surface area (Å²) in [7, 11) is 0. The molecule has 7 nitrogen and oxygen atoms in total. The first-order valence-electron chi connectivity index (χ1n) is 18.2. The molecule has 2 atom stereocenters. The van der Waals surface area contributed by atoms with Crippen molar-refractivity contribution >= 4 is 17.9 Å². The molecule has 2 unspecified atom stereocenters. The number of hydrogen-bond acceptors (Lipinski definition) is 5. The number of carbonyl (C=O) groups is 2. The molecule has 53 heavy (non-hydrogen) atoms. The maximum atomic E-state index is 13.8. The standard InChI is InChI=1S/C40H45F6N5O2/c1-3-35-27(2)9-10-36(47-35)38(53)50-14-12-33(13-15-50)49-19-17-48(18-20-49)26-29-11-16-51(34(22-29)21-28-7-5-4-6-8-28)37(52)30-23-31(39(41,42)43)25-32(24-30)40(44,45)46/h3-10,23-25,29,33-34H,1,11-22,26H2,2H3. The Morgan fingerprint density at radius 1 is 0.811 bits per heavy atom. The first-order valence-corrected chi connectivity index (χ1v) is 18.2. The van der Waals surface area contributed by atoms with Gasteiger partial charge in [-0.05, 0) is 86.4 Å². The van der Waals surface area contributed by atoms with Gasteiger partial charge in [0.25, 0.3) is 11.8 Å². The van der Waals surface area contributed by atoms with Crippen LogP contribution in [-0.2, 0) is 18.8 Å². The largest absolute Gasteiger partial charge is 0.416 e. The van der Waals surface area contributed by atoms with Crippen molar-refractivity contribution in [3.63, 3.8) is 0 Å². The normalized spacial score (nSPS) is 21.1. The number of carbonyl (C=O) groups excluding carboxylic acids is 2. The molecule has 2 amide bonds. The number of pyridine rings is 1. The lowest BCUT2D eigenvalue weighted by Gasteiger charge is -2.45. The Morgan fingerprint density at radius 2 is 1.45 bits per heavy atom. The maximum Gasteiger partial charge on any atom is 0.416 e. The van der Waals surface area contributed by atoms with E-state index in [1.165, 1.54) is 4.90 Å². The summed E-state index contributed by atoms with van der Waals surface area (Å²) in [5.41, 5.74) is -0.535. The van der Waals surface area contributed by atoms with Crippen LogP contribution in [0.4, 0.5) is 26.3 Å². The van der Waals surface area contributed by atoms with E-state index in [2.05, 4.69) is 21.4 Å². The fraction of sp³-hybridized carbons (Fsp3) is 0.475. The zero-order valence-corrected chi connectivity index (χ0v) is 29.8. The van der Waals surface area contributed by atoms with Crippen LogP contribution in [0.2, 0.25) is 0 Å². The van der Waals surface area contributed by atoms with Crippen molar-refractivity contribution in [2.45, 2.75) is 63.5 Å². The summed E-state index contributed by atoms with van der Waals surface area (Å²) >= 11 is 0. The number of piperazine rings is 1. The Balaban J connectivity index is 1.06. The van der Waals surface area contributed by atoms with Crippen LogP contribution in [0.5, 0.6) is 0 Å². The lowest BCUT2D eigenvalue weighted by Crippen LogP contribution is -2.55. The second-order valence-electron chi connectivity index (χ2n) is 14.5. The highest BCUT2D eigenvalue weighted by Gasteiger charge is 2.40. The third-order valence-corrected chi connectivity index (χ3v) is 11.0. The highest BCUT2D eigenvalue weighted by atomic mass is 19.4. The van der Waals surface area contributed by atoms with E-state index in [1.54, 1.807) is 12.1 Å². The van der Waals surface area contributed by atoms with Crippen LogP contribution in [0.3, 0.4) is 0 Å². The smallest absolute Gasteiger partial charge is 0.337 e. The maximum absolute atomic E-state index is 13.8. The quantitative estimate of drug-likeness (QED) is 0.225. The van der Waals surface area contributed by atoms with Gasteiger partial charge in [-0.1, -0.05) is 43.0 Å². The van der Waals surface area contributed by atoms with Crippen molar-refractivity contribution in [2.75, 3.05) is 52.4 Å². The molecular weight excluding hydrogens is 696 g/mol. The van der Waals surface area contributed by atoms with E-state index in [4.69, 9.17) is 0 Å². The van der Waals surface area contributed by atoms with Crippen molar-refractivity contribution in [1.82, 2.24) is 24.6 Å². The van der Waals surface area contributed by atoms with Gasteiger partial charge in [0.1, 0.15) is 5.69 Å². The third kappa shape index (κ3) is 9.29. The van der Waals surface area contributed by atoms with Crippen molar-refractivity contribution in [1.29, 1.82) is 0 Å². The topological polar surface area (TPSA) is 60.0 Å². The van der Waals surface area contributed by atoms with Crippen LogP contribution in [-0.4, -0.2) is 101 Å². The lowest BCUT2D eigenvalue weighted by atomic mass is 9.86. The van der Waals surface area contributed by atoms with Crippen molar-refractivity contribution in [3.8, 4) is 0 Å². The SMILES string of the molecule is C=Cc1nc(C(=O)N2CCC(N3CCN(CC4CCN(C(=O)c5cc(C(F)(F)F)cc(C(F)(F)F)c5)C(Cc5ccccc5)C4)CC3)CC2)ccc1C. The van der Waals surface area contributed by atoms with Crippen LogP contribution in [0.15, 0.2) is 67.2 Å². The first-order chi connectivity index (χ1) is 25.2. The van der Waals surface area contributed by atoms with Gasteiger partial charge in [-0.2, -0.15) is 26.3 Å². The van der Waals surface area contributed by atoms with Gasteiger partial charge in [-0.25, -0.2) is 4.98 Å². The molecule has 6 rings (SSSR count). The van der Waals surface area contributed by atoms with E-state index in [0.717, 1.165) is 56.7 Å². The summed E-state index contributed by atoms with van der Waals surface area (Å²) in [5, 5.41) is 0. The van der Waals surface area contributed by atoms with E-state index >= 15 is 0 Å². The number of rotatable bonds is 8. The lowest BCUT2D eigenvalue weighted by molar-refractivity contribution is -0.143. The molecular formula is C40H45F6N5O2. The van der Waals surface area contributed by atoms with Gasteiger partial charge in [0.15, 0.2) is 0 Å². The summed E-state index contributed by atoms with van der Waals surface area (Å²) in [6.07, 6.45) is -5.02. The van der Waals surface area contributed by atoms with Gasteiger partial charge < -0.3 is 14.7 Å². The summed E-state index contributed by atoms with van der Waals surface area (Å²) in [6, 6.07) is 14.2. The van der Waals surface area contributed by atoms with Crippen molar-refractivity contribution in [2.24, 2.45) is 5.92 Å². The number of alkyl halides is 6. The summed E-state index contributed by atoms with van der Waals surface area (Å²) in [4.78, 5) is 39.7. The Labute approximate surface area is 306 Å². The number of nitrogens with zero attached hydrogens (tertiary/aromatic N) is 5. The fourth-order valence-corrected chi connectivity index (χ4v) is 8.03. The molecule has 0 aliphatic carbocycles. The highest BCUT2D eigenvalue weighted by molar-refractivity contribution is 5.95. The van der Waals surface area contributed by atoms with Crippen LogP contribution in [0.25, 0.3) is 6.08 Å². The molecule has 284 valence electrons. The van der Waals surface area contributed by atoms with Crippen LogP contribution in [0.1, 0.15) is 74.5 Å². The fourth-order valence-electron chi connectivity index (χ4n) is 8.03. The van der Waals surface area contributed by atoms with E-state index in [-0.39, 0.29) is 30.5 Å². The minimum atomic E-state index is -5.04. The monoisotopic (exact) mass is 741 g/mol. The molecule has 0 saturated carbocycles. The molecule has 3 saturated heterocycles. The van der Waals surface area contributed by atoms with E-state index < -0.39 is 35.0 Å². The van der Waals surface area contributed by atoms with Gasteiger partial charge in [0, 0.05) is 70.0 Å². The first kappa shape index (κ1) is 38.5. The number of halogens is 6. The summed E-state index contributed by atoms with van der Waals surface area (Å²) < 4.78 is 81.8. The van der Waals surface area contributed by atoms with Gasteiger partial charge in [-0.3, -0.25) is 14.5 Å². The van der Waals surface area contributed by atoms with Gasteiger partial charge in [-0.15, -0.1) is 0 Å². The van der Waals surface area contributed by atoms with Crippen LogP contribution < -0.4 is 0 Å². The predicted molar refractivity (Wildman–Crippen MR) is 190 cm³/mol. The molecule has 3 aromatic rings. The molecule has 3 aliphatic heterocycles. The molecule has 4 heterocycles. The number of hydrogen-bond donors (Lipinski definition) is 0. The number of aryl methyl sites for hydroxylation is 1. The van der Waals surface area contributed by atoms with E-state index in [9.17, 15) is 35.9 Å². The molecule has 0 radical (unpaired) electrons. The summed E-state index contributed by atoms with van der Waals surface area (Å²) in [5.74, 6) is -0.674. The van der Waals surface area contributed by atoms with Gasteiger partial charge >= 0.3 is 12.4 Å². The predicted octanol–water partition coefficient (Wildman–Crippen LogP) is 7.46. The Morgan fingerprint density at radius 3 is 2.06 bits per heavy atom. The molecule has 0 spiro atoms. The minimum Gasteiger partial charge on any atom is -0.337 e. The molecule has 3 fully saturated rings. The number of amides is 2. The average molecular weight is 742 g/mol. The third-order valence-electron chi connectivity index (χ3n) is 11.0. The second-order valence-corrected chi connectivity index (χ2v) is 14.5. The molecule has 3 aliphatic rings. The van der Waals surface area contributed by atoms with Crippen LogP contribution in [0, 0.1) is 12.8 Å². The molecule has 1 aromatic heterocycles. The number of aromatic nitrogens is 1. The van der Waals surface area contributed by atoms with Gasteiger partial charge in [0.05, 0.1) is 16.8 Å². The van der Waals surface area contributed by atoms with Crippen molar-refractivity contribution in [3.05, 3.63) is 106 Å². The second kappa shape index (κ2) is 16.0. The molecule has 0 bridgehead atoms. The molecule has 2 aromatic carbocycles. The number of benzene rings is 2. The number of piperidine rings is 2. The van der Waals surface area contributed by atoms with E-state index in [0.29, 0.717) is 61.9 Å². The van der Waals surface area contributed by atoms with Crippen LogP contribution >= 0.6 is 0 Å². The minimum absolute atomic E-state index is 0.0530.